The predicted octanol–water partition coefficient (Wildman–Crippen LogP) is 3.70. The summed E-state index contributed by atoms with van der Waals surface area (Å²) in [5.41, 5.74) is 3.72. The van der Waals surface area contributed by atoms with Gasteiger partial charge >= 0.3 is 0 Å². The van der Waals surface area contributed by atoms with Gasteiger partial charge < -0.3 is 24.3 Å². The van der Waals surface area contributed by atoms with Gasteiger partial charge in [-0.05, 0) is 48.9 Å². The molecule has 2 amide bonds. The standard InChI is InChI=1S/C36H33N5O5S/c1-23-32(34(43)38-26-10-4-3-5-11-26)33(24-9-8-12-27(19-24)45-2)41-35(44)30(47-36(41)37-23)20-25-21-40(29-14-7-6-13-28(25)29)22-31(42)39-15-17-46-18-16-39/h3-14,19-21,33H,15-18,22H2,1-2H3,(H,38,43)/b30-20+/t33-/m1/s1. The fourth-order valence-electron chi connectivity index (χ4n) is 6.18. The lowest BCUT2D eigenvalue weighted by Crippen LogP contribution is -2.42. The summed E-state index contributed by atoms with van der Waals surface area (Å²) in [5.74, 6) is 0.295. The average molecular weight is 648 g/mol. The molecule has 1 saturated heterocycles. The molecule has 47 heavy (non-hydrogen) atoms. The highest BCUT2D eigenvalue weighted by molar-refractivity contribution is 7.07. The van der Waals surface area contributed by atoms with Crippen LogP contribution in [0.3, 0.4) is 0 Å². The van der Waals surface area contributed by atoms with Crippen LogP contribution in [0, 0.1) is 0 Å². The molecule has 7 rings (SSSR count). The number of benzene rings is 3. The number of hydrogen-bond donors (Lipinski definition) is 1. The molecule has 11 heteroatoms. The normalized spacial score (nSPS) is 16.6. The zero-order valence-electron chi connectivity index (χ0n) is 26.0. The highest BCUT2D eigenvalue weighted by Gasteiger charge is 2.33. The fraction of sp³-hybridized carbons (Fsp3) is 0.222. The number of thiazole rings is 1. The van der Waals surface area contributed by atoms with Crippen molar-refractivity contribution in [3.8, 4) is 5.75 Å². The summed E-state index contributed by atoms with van der Waals surface area (Å²) in [6, 6.07) is 23.7. The first kappa shape index (κ1) is 30.4. The van der Waals surface area contributed by atoms with Gasteiger partial charge in [0.25, 0.3) is 11.5 Å². The van der Waals surface area contributed by atoms with Gasteiger partial charge in [-0.3, -0.25) is 19.0 Å². The van der Waals surface area contributed by atoms with Crippen LogP contribution in [0.25, 0.3) is 17.0 Å². The Labute approximate surface area is 274 Å². The maximum absolute atomic E-state index is 14.3. The van der Waals surface area contributed by atoms with Gasteiger partial charge in [-0.1, -0.05) is 59.9 Å². The molecular formula is C36H33N5O5S. The van der Waals surface area contributed by atoms with Gasteiger partial charge in [0.2, 0.25) is 5.91 Å². The Hall–Kier alpha value is -5.26. The number of allylic oxidation sites excluding steroid dienone is 1. The van der Waals surface area contributed by atoms with E-state index >= 15 is 0 Å². The minimum Gasteiger partial charge on any atom is -0.497 e. The number of morpholine rings is 1. The minimum atomic E-state index is -0.736. The Balaban J connectivity index is 1.33. The van der Waals surface area contributed by atoms with E-state index in [9.17, 15) is 14.4 Å². The number of anilines is 1. The topological polar surface area (TPSA) is 107 Å². The van der Waals surface area contributed by atoms with Crippen molar-refractivity contribution in [2.45, 2.75) is 19.5 Å². The molecule has 2 aliphatic heterocycles. The number of carbonyl (C=O) groups excluding carboxylic acids is 2. The number of methoxy groups -OCH3 is 1. The lowest BCUT2D eigenvalue weighted by atomic mass is 9.95. The summed E-state index contributed by atoms with van der Waals surface area (Å²) in [5, 5.41) is 3.91. The van der Waals surface area contributed by atoms with Crippen LogP contribution in [0.4, 0.5) is 5.69 Å². The quantitative estimate of drug-likeness (QED) is 0.290. The molecule has 2 aromatic heterocycles. The van der Waals surface area contributed by atoms with Gasteiger partial charge in [0.15, 0.2) is 4.80 Å². The van der Waals surface area contributed by atoms with Gasteiger partial charge in [0.1, 0.15) is 12.3 Å². The fourth-order valence-corrected chi connectivity index (χ4v) is 7.22. The van der Waals surface area contributed by atoms with E-state index in [1.165, 1.54) is 11.3 Å². The van der Waals surface area contributed by atoms with Gasteiger partial charge in [-0.25, -0.2) is 4.99 Å². The highest BCUT2D eigenvalue weighted by atomic mass is 32.1. The predicted molar refractivity (Wildman–Crippen MR) is 181 cm³/mol. The van der Waals surface area contributed by atoms with Crippen LogP contribution in [-0.2, 0) is 20.9 Å². The van der Waals surface area contributed by atoms with E-state index in [-0.39, 0.29) is 23.9 Å². The Kier molecular flexibility index (Phi) is 8.32. The van der Waals surface area contributed by atoms with E-state index in [0.717, 1.165) is 22.0 Å². The molecular weight excluding hydrogens is 614 g/mol. The van der Waals surface area contributed by atoms with E-state index in [1.54, 1.807) is 18.6 Å². The molecule has 3 aromatic carbocycles. The number of nitrogens with zero attached hydrogens (tertiary/aromatic N) is 4. The molecule has 4 heterocycles. The monoisotopic (exact) mass is 647 g/mol. The maximum Gasteiger partial charge on any atom is 0.271 e. The summed E-state index contributed by atoms with van der Waals surface area (Å²) in [7, 11) is 1.58. The molecule has 0 bridgehead atoms. The molecule has 238 valence electrons. The number of rotatable bonds is 7. The number of nitrogens with one attached hydrogen (secondary N) is 1. The minimum absolute atomic E-state index is 0.0232. The molecule has 1 N–H and O–H groups in total. The first-order valence-corrected chi connectivity index (χ1v) is 16.2. The molecule has 0 spiro atoms. The van der Waals surface area contributed by atoms with Gasteiger partial charge in [-0.15, -0.1) is 0 Å². The second-order valence-electron chi connectivity index (χ2n) is 11.4. The highest BCUT2D eigenvalue weighted by Crippen LogP contribution is 2.32. The number of fused-ring (bicyclic) bond motifs is 2. The van der Waals surface area contributed by atoms with Gasteiger partial charge in [0, 0.05) is 41.4 Å². The second-order valence-corrected chi connectivity index (χ2v) is 12.4. The molecule has 1 atom stereocenters. The van der Waals surface area contributed by atoms with Crippen molar-refractivity contribution >= 4 is 45.8 Å². The van der Waals surface area contributed by atoms with Crippen LogP contribution in [0.5, 0.6) is 5.75 Å². The number of para-hydroxylation sites is 2. The Morgan fingerprint density at radius 3 is 2.60 bits per heavy atom. The van der Waals surface area contributed by atoms with E-state index in [4.69, 9.17) is 14.5 Å². The Bertz CT molecular complexity index is 2210. The number of ether oxygens (including phenoxy) is 2. The number of hydrogen-bond acceptors (Lipinski definition) is 7. The molecule has 1 fully saturated rings. The molecule has 10 nitrogen and oxygen atoms in total. The third kappa shape index (κ3) is 5.91. The Morgan fingerprint density at radius 2 is 1.81 bits per heavy atom. The van der Waals surface area contributed by atoms with Crippen molar-refractivity contribution in [2.75, 3.05) is 38.7 Å². The van der Waals surface area contributed by atoms with E-state index in [1.807, 2.05) is 101 Å². The van der Waals surface area contributed by atoms with Gasteiger partial charge in [-0.2, -0.15) is 0 Å². The van der Waals surface area contributed by atoms with Crippen molar-refractivity contribution in [2.24, 2.45) is 4.99 Å². The van der Waals surface area contributed by atoms with Crippen molar-refractivity contribution in [1.29, 1.82) is 0 Å². The lowest BCUT2D eigenvalue weighted by Gasteiger charge is -2.27. The molecule has 5 aromatic rings. The molecule has 0 radical (unpaired) electrons. The van der Waals surface area contributed by atoms with Crippen LogP contribution in [0.2, 0.25) is 0 Å². The van der Waals surface area contributed by atoms with Gasteiger partial charge in [0.05, 0.1) is 42.2 Å². The third-order valence-electron chi connectivity index (χ3n) is 8.48. The number of aromatic nitrogens is 2. The Morgan fingerprint density at radius 1 is 1.04 bits per heavy atom. The lowest BCUT2D eigenvalue weighted by molar-refractivity contribution is -0.135. The average Bonchev–Trinajstić information content (AvgIpc) is 3.60. The number of carbonyl (C=O) groups is 2. The van der Waals surface area contributed by atoms with Crippen molar-refractivity contribution in [3.05, 3.63) is 127 Å². The summed E-state index contributed by atoms with van der Waals surface area (Å²) in [4.78, 5) is 48.4. The smallest absolute Gasteiger partial charge is 0.271 e. The van der Waals surface area contributed by atoms with E-state index in [0.29, 0.717) is 58.3 Å². The molecule has 0 aliphatic carbocycles. The van der Waals surface area contributed by atoms with Crippen molar-refractivity contribution in [3.63, 3.8) is 0 Å². The number of amides is 2. The largest absolute Gasteiger partial charge is 0.497 e. The van der Waals surface area contributed by atoms with Crippen LogP contribution >= 0.6 is 11.3 Å². The van der Waals surface area contributed by atoms with Crippen molar-refractivity contribution in [1.82, 2.24) is 14.0 Å². The van der Waals surface area contributed by atoms with E-state index < -0.39 is 6.04 Å². The summed E-state index contributed by atoms with van der Waals surface area (Å²) in [6.45, 7) is 4.20. The third-order valence-corrected chi connectivity index (χ3v) is 9.47. The second kappa shape index (κ2) is 12.9. The van der Waals surface area contributed by atoms with Crippen LogP contribution in [0.15, 0.2) is 106 Å². The van der Waals surface area contributed by atoms with Crippen LogP contribution < -0.4 is 24.9 Å². The first-order chi connectivity index (χ1) is 22.9. The van der Waals surface area contributed by atoms with Crippen LogP contribution in [-0.4, -0.2) is 59.3 Å². The van der Waals surface area contributed by atoms with Crippen LogP contribution in [0.1, 0.15) is 24.1 Å². The first-order valence-electron chi connectivity index (χ1n) is 15.4. The molecule has 0 unspecified atom stereocenters. The van der Waals surface area contributed by atoms with Crippen molar-refractivity contribution < 1.29 is 19.1 Å². The zero-order valence-corrected chi connectivity index (χ0v) is 26.8. The maximum atomic E-state index is 14.3. The SMILES string of the molecule is COc1cccc([C@@H]2C(C(=O)Nc3ccccc3)=C(C)N=c3s/c(=C/c4cn(CC(=O)N5CCOCC5)c5ccccc45)c(=O)n32)c1. The molecule has 2 aliphatic rings. The molecule has 0 saturated carbocycles. The zero-order chi connectivity index (χ0) is 32.5. The van der Waals surface area contributed by atoms with E-state index in [2.05, 4.69) is 5.32 Å². The summed E-state index contributed by atoms with van der Waals surface area (Å²) >= 11 is 1.27. The summed E-state index contributed by atoms with van der Waals surface area (Å²) < 4.78 is 14.9. The summed E-state index contributed by atoms with van der Waals surface area (Å²) in [6.07, 6.45) is 3.78.